The highest BCUT2D eigenvalue weighted by molar-refractivity contribution is 6.31. The number of rotatable bonds is 7. The highest BCUT2D eigenvalue weighted by atomic mass is 35.5. The highest BCUT2D eigenvalue weighted by Crippen LogP contribution is 2.34. The van der Waals surface area contributed by atoms with Crippen LogP contribution in [0.2, 0.25) is 10.0 Å². The Morgan fingerprint density at radius 1 is 1.09 bits per heavy atom. The first kappa shape index (κ1) is 16.4. The molecule has 1 saturated carbocycles. The van der Waals surface area contributed by atoms with E-state index < -0.39 is 0 Å². The van der Waals surface area contributed by atoms with Gasteiger partial charge in [0.25, 0.3) is 0 Å². The molecule has 0 amide bonds. The van der Waals surface area contributed by atoms with Gasteiger partial charge in [0.2, 0.25) is 0 Å². The summed E-state index contributed by atoms with van der Waals surface area (Å²) in [5.41, 5.74) is 2.06. The van der Waals surface area contributed by atoms with Gasteiger partial charge in [0, 0.05) is 28.7 Å². The number of nitrogens with one attached hydrogen (secondary N) is 1. The summed E-state index contributed by atoms with van der Waals surface area (Å²) >= 11 is 12.3. The molecule has 0 atom stereocenters. The third kappa shape index (κ3) is 4.54. The maximum atomic E-state index is 6.37. The Balaban J connectivity index is 1.69. The van der Waals surface area contributed by atoms with Gasteiger partial charge in [-0.3, -0.25) is 0 Å². The van der Waals surface area contributed by atoms with Crippen molar-refractivity contribution in [2.45, 2.75) is 32.0 Å². The third-order valence-electron chi connectivity index (χ3n) is 3.80. The van der Waals surface area contributed by atoms with Crippen molar-refractivity contribution in [2.75, 3.05) is 7.11 Å². The fourth-order valence-corrected chi connectivity index (χ4v) is 2.61. The van der Waals surface area contributed by atoms with E-state index in [0.29, 0.717) is 34.2 Å². The van der Waals surface area contributed by atoms with E-state index in [9.17, 15) is 0 Å². The van der Waals surface area contributed by atoms with Gasteiger partial charge in [-0.15, -0.1) is 0 Å². The predicted molar refractivity (Wildman–Crippen MR) is 93.6 cm³/mol. The van der Waals surface area contributed by atoms with Crippen LogP contribution >= 0.6 is 23.2 Å². The maximum absolute atomic E-state index is 6.37. The van der Waals surface area contributed by atoms with Gasteiger partial charge in [0.15, 0.2) is 11.5 Å². The molecule has 0 bridgehead atoms. The summed E-state index contributed by atoms with van der Waals surface area (Å²) in [5, 5.41) is 4.85. The van der Waals surface area contributed by atoms with Gasteiger partial charge in [-0.2, -0.15) is 0 Å². The number of hydrogen-bond acceptors (Lipinski definition) is 3. The lowest BCUT2D eigenvalue weighted by atomic mass is 10.2. The molecule has 0 heterocycles. The van der Waals surface area contributed by atoms with E-state index in [1.807, 2.05) is 36.4 Å². The van der Waals surface area contributed by atoms with Crippen molar-refractivity contribution in [2.24, 2.45) is 0 Å². The second-order valence-electron chi connectivity index (χ2n) is 5.66. The summed E-state index contributed by atoms with van der Waals surface area (Å²) in [7, 11) is 1.64. The van der Waals surface area contributed by atoms with E-state index in [1.165, 1.54) is 12.8 Å². The molecule has 0 spiro atoms. The monoisotopic (exact) mass is 351 g/mol. The van der Waals surface area contributed by atoms with E-state index in [0.717, 1.165) is 17.7 Å². The molecular weight excluding hydrogens is 333 g/mol. The minimum atomic E-state index is 0.434. The van der Waals surface area contributed by atoms with Crippen LogP contribution in [-0.2, 0) is 13.2 Å². The Kier molecular flexibility index (Phi) is 5.31. The zero-order valence-electron chi connectivity index (χ0n) is 12.9. The van der Waals surface area contributed by atoms with Gasteiger partial charge in [0.1, 0.15) is 6.61 Å². The van der Waals surface area contributed by atoms with E-state index in [4.69, 9.17) is 32.7 Å². The Bertz CT molecular complexity index is 669. The van der Waals surface area contributed by atoms with Crippen molar-refractivity contribution in [1.82, 2.24) is 5.32 Å². The van der Waals surface area contributed by atoms with Crippen LogP contribution in [0.1, 0.15) is 24.0 Å². The van der Waals surface area contributed by atoms with E-state index >= 15 is 0 Å². The standard InChI is InChI=1S/C18H19Cl2NO2/c1-22-17-8-13(10-21-15-6-7-15)16(20)9-18(17)23-11-12-2-4-14(19)5-3-12/h2-5,8-9,15,21H,6-7,10-11H2,1H3. The summed E-state index contributed by atoms with van der Waals surface area (Å²) in [5.74, 6) is 1.33. The maximum Gasteiger partial charge on any atom is 0.163 e. The normalized spacial score (nSPS) is 13.9. The summed E-state index contributed by atoms with van der Waals surface area (Å²) in [4.78, 5) is 0. The SMILES string of the molecule is COc1cc(CNC2CC2)c(Cl)cc1OCc1ccc(Cl)cc1. The van der Waals surface area contributed by atoms with E-state index in [2.05, 4.69) is 5.32 Å². The zero-order valence-corrected chi connectivity index (χ0v) is 14.5. The molecule has 2 aromatic rings. The minimum Gasteiger partial charge on any atom is -0.493 e. The van der Waals surface area contributed by atoms with Gasteiger partial charge in [-0.25, -0.2) is 0 Å². The first-order valence-corrected chi connectivity index (χ1v) is 8.38. The lowest BCUT2D eigenvalue weighted by Crippen LogP contribution is -2.15. The summed E-state index contributed by atoms with van der Waals surface area (Å²) < 4.78 is 11.3. The smallest absolute Gasteiger partial charge is 0.163 e. The first-order valence-electron chi connectivity index (χ1n) is 7.63. The fourth-order valence-electron chi connectivity index (χ4n) is 2.27. The third-order valence-corrected chi connectivity index (χ3v) is 4.40. The van der Waals surface area contributed by atoms with Crippen molar-refractivity contribution >= 4 is 23.2 Å². The molecule has 0 unspecified atom stereocenters. The van der Waals surface area contributed by atoms with Crippen molar-refractivity contribution in [3.63, 3.8) is 0 Å². The number of methoxy groups -OCH3 is 1. The molecule has 0 aliphatic heterocycles. The Hall–Kier alpha value is -1.42. The molecule has 0 saturated heterocycles. The van der Waals surface area contributed by atoms with E-state index in [1.54, 1.807) is 7.11 Å². The van der Waals surface area contributed by atoms with Crippen LogP contribution in [0.4, 0.5) is 0 Å². The second-order valence-corrected chi connectivity index (χ2v) is 6.51. The minimum absolute atomic E-state index is 0.434. The lowest BCUT2D eigenvalue weighted by molar-refractivity contribution is 0.284. The van der Waals surface area contributed by atoms with Crippen molar-refractivity contribution in [3.8, 4) is 11.5 Å². The van der Waals surface area contributed by atoms with Crippen molar-refractivity contribution < 1.29 is 9.47 Å². The van der Waals surface area contributed by atoms with Gasteiger partial charge in [-0.1, -0.05) is 35.3 Å². The molecule has 0 aromatic heterocycles. The van der Waals surface area contributed by atoms with E-state index in [-0.39, 0.29) is 0 Å². The van der Waals surface area contributed by atoms with Gasteiger partial charge in [-0.05, 0) is 42.2 Å². The molecule has 1 aliphatic carbocycles. The van der Waals surface area contributed by atoms with Crippen LogP contribution in [0.15, 0.2) is 36.4 Å². The van der Waals surface area contributed by atoms with Crippen LogP contribution in [0.25, 0.3) is 0 Å². The van der Waals surface area contributed by atoms with Crippen LogP contribution in [0.5, 0.6) is 11.5 Å². The second kappa shape index (κ2) is 7.43. The van der Waals surface area contributed by atoms with Gasteiger partial charge >= 0.3 is 0 Å². The average molecular weight is 352 g/mol. The molecular formula is C18H19Cl2NO2. The number of benzene rings is 2. The molecule has 1 aliphatic rings. The predicted octanol–water partition coefficient (Wildman–Crippen LogP) is 4.83. The lowest BCUT2D eigenvalue weighted by Gasteiger charge is -2.14. The molecule has 0 radical (unpaired) electrons. The molecule has 5 heteroatoms. The van der Waals surface area contributed by atoms with Crippen LogP contribution < -0.4 is 14.8 Å². The number of halogens is 2. The van der Waals surface area contributed by atoms with Gasteiger partial charge < -0.3 is 14.8 Å². The summed E-state index contributed by atoms with van der Waals surface area (Å²) in [6.45, 7) is 1.18. The van der Waals surface area contributed by atoms with Gasteiger partial charge in [0.05, 0.1) is 7.11 Å². The zero-order chi connectivity index (χ0) is 16.2. The highest BCUT2D eigenvalue weighted by Gasteiger charge is 2.21. The van der Waals surface area contributed by atoms with Crippen molar-refractivity contribution in [1.29, 1.82) is 0 Å². The Morgan fingerprint density at radius 2 is 1.83 bits per heavy atom. The average Bonchev–Trinajstić information content (AvgIpc) is 3.37. The molecule has 1 fully saturated rings. The molecule has 122 valence electrons. The number of hydrogen-bond donors (Lipinski definition) is 1. The fraction of sp³-hybridized carbons (Fsp3) is 0.333. The molecule has 3 rings (SSSR count). The van der Waals surface area contributed by atoms with Crippen LogP contribution in [-0.4, -0.2) is 13.2 Å². The topological polar surface area (TPSA) is 30.5 Å². The quantitative estimate of drug-likeness (QED) is 0.774. The summed E-state index contributed by atoms with van der Waals surface area (Å²) in [6.07, 6.45) is 2.49. The molecule has 3 nitrogen and oxygen atoms in total. The Morgan fingerprint density at radius 3 is 2.48 bits per heavy atom. The van der Waals surface area contributed by atoms with Crippen molar-refractivity contribution in [3.05, 3.63) is 57.6 Å². The summed E-state index contributed by atoms with van der Waals surface area (Å²) in [6, 6.07) is 12.0. The first-order chi connectivity index (χ1) is 11.2. The number of ether oxygens (including phenoxy) is 2. The largest absolute Gasteiger partial charge is 0.493 e. The van der Waals surface area contributed by atoms with Crippen LogP contribution in [0.3, 0.4) is 0 Å². The van der Waals surface area contributed by atoms with Crippen LogP contribution in [0, 0.1) is 0 Å². The Labute approximate surface area is 146 Å². The molecule has 1 N–H and O–H groups in total. The molecule has 2 aromatic carbocycles. The molecule has 23 heavy (non-hydrogen) atoms.